The Hall–Kier alpha value is -1.70. The van der Waals surface area contributed by atoms with Crippen LogP contribution in [0.1, 0.15) is 6.92 Å². The van der Waals surface area contributed by atoms with Gasteiger partial charge in [-0.05, 0) is 30.6 Å². The van der Waals surface area contributed by atoms with E-state index in [9.17, 15) is 4.79 Å². The van der Waals surface area contributed by atoms with Gasteiger partial charge < -0.3 is 10.1 Å². The number of hydrogen-bond donors (Lipinski definition) is 2. The number of morpholine rings is 1. The first kappa shape index (κ1) is 15.2. The number of aromatic nitrogens is 1. The van der Waals surface area contributed by atoms with Crippen LogP contribution in [0, 0.1) is 0 Å². The minimum atomic E-state index is -0.185. The number of nitrogens with one attached hydrogen (secondary N) is 2. The van der Waals surface area contributed by atoms with Gasteiger partial charge in [0.05, 0.1) is 18.2 Å². The van der Waals surface area contributed by atoms with Gasteiger partial charge in [0.25, 0.3) is 0 Å². The molecule has 1 unspecified atom stereocenters. The molecule has 0 radical (unpaired) electrons. The van der Waals surface area contributed by atoms with Gasteiger partial charge in [0.2, 0.25) is 0 Å². The number of hydrogen-bond acceptors (Lipinski definition) is 5. The van der Waals surface area contributed by atoms with Gasteiger partial charge in [-0.25, -0.2) is 4.79 Å². The molecule has 1 aliphatic rings. The summed E-state index contributed by atoms with van der Waals surface area (Å²) in [6.45, 7) is 6.14. The molecule has 0 saturated carbocycles. The Balaban J connectivity index is 1.46. The molecule has 2 amide bonds. The first-order chi connectivity index (χ1) is 10.7. The number of nitrogens with zero attached hydrogens (tertiary/aromatic N) is 2. The number of urea groups is 1. The number of rotatable bonds is 4. The topological polar surface area (TPSA) is 66.5 Å². The molecule has 1 aromatic heterocycles. The SMILES string of the molecule is CC1CN(CCNC(=O)Nc2snc3ccccc23)CCO1. The fraction of sp³-hybridized carbons (Fsp3) is 0.467. The molecule has 1 aromatic carbocycles. The average molecular weight is 320 g/mol. The molecule has 1 saturated heterocycles. The fourth-order valence-corrected chi connectivity index (χ4v) is 3.31. The van der Waals surface area contributed by atoms with Gasteiger partial charge in [-0.1, -0.05) is 12.1 Å². The lowest BCUT2D eigenvalue weighted by Gasteiger charge is -2.30. The van der Waals surface area contributed by atoms with E-state index in [4.69, 9.17) is 4.74 Å². The van der Waals surface area contributed by atoms with Crippen molar-refractivity contribution in [3.8, 4) is 0 Å². The molecule has 2 N–H and O–H groups in total. The Labute approximate surface area is 133 Å². The van der Waals surface area contributed by atoms with Crippen LogP contribution in [-0.4, -0.2) is 54.2 Å². The number of carbonyl (C=O) groups is 1. The average Bonchev–Trinajstić information content (AvgIpc) is 2.91. The maximum Gasteiger partial charge on any atom is 0.319 e. The highest BCUT2D eigenvalue weighted by molar-refractivity contribution is 7.12. The molecule has 2 heterocycles. The van der Waals surface area contributed by atoms with Gasteiger partial charge in [-0.3, -0.25) is 10.2 Å². The number of carbonyl (C=O) groups excluding carboxylic acids is 1. The van der Waals surface area contributed by atoms with Gasteiger partial charge in [-0.2, -0.15) is 4.37 Å². The van der Waals surface area contributed by atoms with E-state index in [-0.39, 0.29) is 12.1 Å². The van der Waals surface area contributed by atoms with Crippen molar-refractivity contribution >= 4 is 33.5 Å². The Kier molecular flexibility index (Phi) is 4.87. The lowest BCUT2D eigenvalue weighted by atomic mass is 10.2. The molecule has 2 aromatic rings. The Bertz CT molecular complexity index is 645. The lowest BCUT2D eigenvalue weighted by Crippen LogP contribution is -2.45. The third-order valence-corrected chi connectivity index (χ3v) is 4.44. The summed E-state index contributed by atoms with van der Waals surface area (Å²) in [6.07, 6.45) is 0.270. The number of benzene rings is 1. The zero-order valence-electron chi connectivity index (χ0n) is 12.5. The summed E-state index contributed by atoms with van der Waals surface area (Å²) in [5.41, 5.74) is 0.908. The highest BCUT2D eigenvalue weighted by Gasteiger charge is 2.16. The van der Waals surface area contributed by atoms with Crippen molar-refractivity contribution in [3.63, 3.8) is 0 Å². The quantitative estimate of drug-likeness (QED) is 0.906. The van der Waals surface area contributed by atoms with Gasteiger partial charge in [0.1, 0.15) is 5.00 Å². The molecule has 1 aliphatic heterocycles. The van der Waals surface area contributed by atoms with Crippen LogP contribution < -0.4 is 10.6 Å². The van der Waals surface area contributed by atoms with Crippen molar-refractivity contribution in [3.05, 3.63) is 24.3 Å². The van der Waals surface area contributed by atoms with Gasteiger partial charge in [-0.15, -0.1) is 0 Å². The molecule has 6 nitrogen and oxygen atoms in total. The Morgan fingerprint density at radius 2 is 2.36 bits per heavy atom. The summed E-state index contributed by atoms with van der Waals surface area (Å²) in [5.74, 6) is 0. The molecule has 3 rings (SSSR count). The summed E-state index contributed by atoms with van der Waals surface area (Å²) in [7, 11) is 0. The van der Waals surface area contributed by atoms with Crippen molar-refractivity contribution in [1.82, 2.24) is 14.6 Å². The van der Waals surface area contributed by atoms with Gasteiger partial charge in [0.15, 0.2) is 0 Å². The van der Waals surface area contributed by atoms with E-state index in [1.807, 2.05) is 24.3 Å². The van der Waals surface area contributed by atoms with Crippen molar-refractivity contribution < 1.29 is 9.53 Å². The normalized spacial score (nSPS) is 19.2. The number of anilines is 1. The third kappa shape index (κ3) is 3.73. The van der Waals surface area contributed by atoms with Gasteiger partial charge >= 0.3 is 6.03 Å². The summed E-state index contributed by atoms with van der Waals surface area (Å²) in [5, 5.41) is 7.53. The molecule has 1 atom stereocenters. The van der Waals surface area contributed by atoms with E-state index in [1.54, 1.807) is 0 Å². The summed E-state index contributed by atoms with van der Waals surface area (Å²) < 4.78 is 9.81. The fourth-order valence-electron chi connectivity index (χ4n) is 2.55. The first-order valence-electron chi connectivity index (χ1n) is 7.45. The largest absolute Gasteiger partial charge is 0.376 e. The minimum absolute atomic E-state index is 0.185. The standard InChI is InChI=1S/C15H20N4O2S/c1-11-10-19(8-9-21-11)7-6-16-15(20)17-14-12-4-2-3-5-13(12)18-22-14/h2-5,11H,6-10H2,1H3,(H2,16,17,20). The van der Waals surface area contributed by atoms with Crippen LogP contribution in [0.3, 0.4) is 0 Å². The Morgan fingerprint density at radius 1 is 1.50 bits per heavy atom. The van der Waals surface area contributed by atoms with Crippen LogP contribution in [0.4, 0.5) is 9.80 Å². The molecule has 0 bridgehead atoms. The van der Waals surface area contributed by atoms with Crippen LogP contribution in [0.2, 0.25) is 0 Å². The highest BCUT2D eigenvalue weighted by Crippen LogP contribution is 2.26. The van der Waals surface area contributed by atoms with Crippen molar-refractivity contribution in [2.75, 3.05) is 38.1 Å². The Morgan fingerprint density at radius 3 is 3.23 bits per heavy atom. The summed E-state index contributed by atoms with van der Waals surface area (Å²) in [6, 6.07) is 7.60. The number of amides is 2. The molecular weight excluding hydrogens is 300 g/mol. The molecule has 0 aliphatic carbocycles. The maximum atomic E-state index is 12.0. The van der Waals surface area contributed by atoms with E-state index in [0.717, 1.165) is 42.1 Å². The van der Waals surface area contributed by atoms with Crippen LogP contribution in [0.15, 0.2) is 24.3 Å². The van der Waals surface area contributed by atoms with E-state index in [1.165, 1.54) is 11.5 Å². The monoisotopic (exact) mass is 320 g/mol. The predicted octanol–water partition coefficient (Wildman–Crippen LogP) is 2.14. The maximum absolute atomic E-state index is 12.0. The molecule has 7 heteroatoms. The second kappa shape index (κ2) is 7.04. The molecule has 1 fully saturated rings. The second-order valence-corrected chi connectivity index (χ2v) is 6.17. The lowest BCUT2D eigenvalue weighted by molar-refractivity contribution is -0.0174. The molecule has 118 valence electrons. The summed E-state index contributed by atoms with van der Waals surface area (Å²) >= 11 is 1.30. The van der Waals surface area contributed by atoms with E-state index in [2.05, 4.69) is 26.8 Å². The van der Waals surface area contributed by atoms with Crippen LogP contribution in [0.25, 0.3) is 10.9 Å². The van der Waals surface area contributed by atoms with Crippen molar-refractivity contribution in [1.29, 1.82) is 0 Å². The highest BCUT2D eigenvalue weighted by atomic mass is 32.1. The smallest absolute Gasteiger partial charge is 0.319 e. The zero-order valence-corrected chi connectivity index (χ0v) is 13.4. The molecule has 0 spiro atoms. The molecule has 22 heavy (non-hydrogen) atoms. The van der Waals surface area contributed by atoms with Gasteiger partial charge in [0, 0.05) is 31.6 Å². The zero-order chi connectivity index (χ0) is 15.4. The van der Waals surface area contributed by atoms with Crippen LogP contribution >= 0.6 is 11.5 Å². The van der Waals surface area contributed by atoms with E-state index >= 15 is 0 Å². The summed E-state index contributed by atoms with van der Waals surface area (Å²) in [4.78, 5) is 14.3. The minimum Gasteiger partial charge on any atom is -0.376 e. The van der Waals surface area contributed by atoms with Crippen LogP contribution in [-0.2, 0) is 4.74 Å². The predicted molar refractivity (Wildman–Crippen MR) is 88.5 cm³/mol. The van der Waals surface area contributed by atoms with Crippen molar-refractivity contribution in [2.45, 2.75) is 13.0 Å². The number of ether oxygens (including phenoxy) is 1. The number of fused-ring (bicyclic) bond motifs is 1. The first-order valence-corrected chi connectivity index (χ1v) is 8.23. The van der Waals surface area contributed by atoms with Crippen LogP contribution in [0.5, 0.6) is 0 Å². The second-order valence-electron chi connectivity index (χ2n) is 5.39. The van der Waals surface area contributed by atoms with Crippen molar-refractivity contribution in [2.24, 2.45) is 0 Å². The third-order valence-electron chi connectivity index (χ3n) is 3.65. The molecular formula is C15H20N4O2S. The van der Waals surface area contributed by atoms with E-state index in [0.29, 0.717) is 6.54 Å². The van der Waals surface area contributed by atoms with E-state index < -0.39 is 0 Å².